The molecule has 98 valence electrons. The Balaban J connectivity index is 3.00. The molecule has 0 aliphatic carbocycles. The summed E-state index contributed by atoms with van der Waals surface area (Å²) >= 11 is 1.39. The summed E-state index contributed by atoms with van der Waals surface area (Å²) in [5, 5.41) is 0.607. The zero-order valence-electron chi connectivity index (χ0n) is 10.6. The summed E-state index contributed by atoms with van der Waals surface area (Å²) in [5.74, 6) is 0. The number of nitrogens with two attached hydrogens (primary N) is 1. The highest BCUT2D eigenvalue weighted by atomic mass is 32.1. The number of hydrogen-bond acceptors (Lipinski definition) is 4. The van der Waals surface area contributed by atoms with Gasteiger partial charge in [-0.05, 0) is 0 Å². The van der Waals surface area contributed by atoms with Gasteiger partial charge in [0.05, 0.1) is 12.2 Å². The fourth-order valence-electron chi connectivity index (χ4n) is 1.51. The van der Waals surface area contributed by atoms with Gasteiger partial charge >= 0.3 is 0 Å². The molecule has 1 aromatic heterocycles. The minimum Gasteiger partial charge on any atom is -0.345 e. The van der Waals surface area contributed by atoms with Gasteiger partial charge in [-0.2, -0.15) is 0 Å². The molecule has 17 heavy (non-hydrogen) atoms. The van der Waals surface area contributed by atoms with E-state index in [-0.39, 0.29) is 12.0 Å². The lowest BCUT2D eigenvalue weighted by atomic mass is 9.91. The van der Waals surface area contributed by atoms with Crippen LogP contribution in [0.3, 0.4) is 0 Å². The van der Waals surface area contributed by atoms with Gasteiger partial charge in [0.1, 0.15) is 0 Å². The quantitative estimate of drug-likeness (QED) is 0.908. The summed E-state index contributed by atoms with van der Waals surface area (Å²) in [5.41, 5.74) is 6.45. The highest BCUT2D eigenvalue weighted by molar-refractivity contribution is 7.15. The summed E-state index contributed by atoms with van der Waals surface area (Å²) in [6.07, 6.45) is -2.36. The van der Waals surface area contributed by atoms with Crippen molar-refractivity contribution in [1.29, 1.82) is 0 Å². The van der Waals surface area contributed by atoms with E-state index in [1.54, 1.807) is 7.05 Å². The predicted octanol–water partition coefficient (Wildman–Crippen LogP) is 2.60. The van der Waals surface area contributed by atoms with Crippen molar-refractivity contribution < 1.29 is 8.78 Å². The number of anilines is 1. The van der Waals surface area contributed by atoms with Gasteiger partial charge in [-0.3, -0.25) is 0 Å². The topological polar surface area (TPSA) is 42.2 Å². The maximum absolute atomic E-state index is 12.3. The van der Waals surface area contributed by atoms with Crippen LogP contribution in [0.25, 0.3) is 0 Å². The van der Waals surface area contributed by atoms with Crippen LogP contribution >= 0.6 is 11.3 Å². The monoisotopic (exact) mass is 263 g/mol. The second-order valence-electron chi connectivity index (χ2n) is 4.99. The number of thiazole rings is 1. The maximum atomic E-state index is 12.3. The standard InChI is InChI=1S/C11H19F2N3S/c1-11(2,3)9-7(5-14)17-10(15-9)16(4)6-8(12)13/h8H,5-6,14H2,1-4H3. The molecule has 1 rings (SSSR count). The van der Waals surface area contributed by atoms with Crippen LogP contribution in [0, 0.1) is 0 Å². The minimum atomic E-state index is -2.36. The molecule has 6 heteroatoms. The molecule has 0 aromatic carbocycles. The van der Waals surface area contributed by atoms with E-state index in [1.165, 1.54) is 16.2 Å². The fourth-order valence-corrected chi connectivity index (χ4v) is 2.63. The Morgan fingerprint density at radius 1 is 1.41 bits per heavy atom. The van der Waals surface area contributed by atoms with Crippen molar-refractivity contribution >= 4 is 16.5 Å². The SMILES string of the molecule is CN(CC(F)F)c1nc(C(C)(C)C)c(CN)s1. The molecule has 0 unspecified atom stereocenters. The van der Waals surface area contributed by atoms with Crippen molar-refractivity contribution in [2.24, 2.45) is 5.73 Å². The van der Waals surface area contributed by atoms with Crippen LogP contribution in [0.15, 0.2) is 0 Å². The van der Waals surface area contributed by atoms with Crippen molar-refractivity contribution in [3.63, 3.8) is 0 Å². The van der Waals surface area contributed by atoms with E-state index in [9.17, 15) is 8.78 Å². The Morgan fingerprint density at radius 2 is 2.00 bits per heavy atom. The molecule has 2 N–H and O–H groups in total. The summed E-state index contributed by atoms with van der Waals surface area (Å²) in [6.45, 7) is 6.21. The van der Waals surface area contributed by atoms with Gasteiger partial charge in [0.25, 0.3) is 6.43 Å². The highest BCUT2D eigenvalue weighted by Crippen LogP contribution is 2.33. The molecular formula is C11H19F2N3S. The molecule has 0 aliphatic heterocycles. The molecule has 0 bridgehead atoms. The van der Waals surface area contributed by atoms with Gasteiger partial charge in [0.15, 0.2) is 5.13 Å². The molecule has 0 atom stereocenters. The van der Waals surface area contributed by atoms with Crippen LogP contribution in [0.2, 0.25) is 0 Å². The van der Waals surface area contributed by atoms with Crippen LogP contribution in [-0.4, -0.2) is 25.0 Å². The number of halogens is 2. The average molecular weight is 263 g/mol. The Labute approximate surface area is 105 Å². The molecule has 0 amide bonds. The molecule has 0 spiro atoms. The van der Waals surface area contributed by atoms with Gasteiger partial charge in [-0.1, -0.05) is 20.8 Å². The van der Waals surface area contributed by atoms with E-state index >= 15 is 0 Å². The van der Waals surface area contributed by atoms with Crippen molar-refractivity contribution in [3.8, 4) is 0 Å². The smallest absolute Gasteiger partial charge is 0.255 e. The van der Waals surface area contributed by atoms with Crippen LogP contribution in [0.4, 0.5) is 13.9 Å². The normalized spacial score (nSPS) is 12.2. The first-order valence-corrected chi connectivity index (χ1v) is 6.27. The van der Waals surface area contributed by atoms with Crippen molar-refractivity contribution in [2.75, 3.05) is 18.5 Å². The lowest BCUT2D eigenvalue weighted by Crippen LogP contribution is -2.24. The second-order valence-corrected chi connectivity index (χ2v) is 6.06. The minimum absolute atomic E-state index is 0.116. The van der Waals surface area contributed by atoms with Gasteiger partial charge < -0.3 is 10.6 Å². The number of hydrogen-bond donors (Lipinski definition) is 1. The zero-order valence-corrected chi connectivity index (χ0v) is 11.4. The highest BCUT2D eigenvalue weighted by Gasteiger charge is 2.24. The number of rotatable bonds is 4. The van der Waals surface area contributed by atoms with Crippen LogP contribution in [0.5, 0.6) is 0 Å². The van der Waals surface area contributed by atoms with Crippen molar-refractivity contribution in [3.05, 3.63) is 10.6 Å². The Hall–Kier alpha value is -0.750. The van der Waals surface area contributed by atoms with E-state index in [0.717, 1.165) is 10.6 Å². The molecule has 1 heterocycles. The third-order valence-electron chi connectivity index (χ3n) is 2.32. The van der Waals surface area contributed by atoms with E-state index in [0.29, 0.717) is 11.7 Å². The summed E-state index contributed by atoms with van der Waals surface area (Å²) in [4.78, 5) is 6.88. The number of alkyl halides is 2. The van der Waals surface area contributed by atoms with Gasteiger partial charge in [-0.25, -0.2) is 13.8 Å². The second kappa shape index (κ2) is 5.27. The molecular weight excluding hydrogens is 244 g/mol. The third-order valence-corrected chi connectivity index (χ3v) is 3.51. The molecule has 0 saturated carbocycles. The first-order valence-electron chi connectivity index (χ1n) is 5.45. The molecule has 0 saturated heterocycles. The van der Waals surface area contributed by atoms with E-state index < -0.39 is 6.43 Å². The lowest BCUT2D eigenvalue weighted by Gasteiger charge is -2.17. The third kappa shape index (κ3) is 3.61. The number of aromatic nitrogens is 1. The molecule has 1 aromatic rings. The van der Waals surface area contributed by atoms with Gasteiger partial charge in [0, 0.05) is 23.9 Å². The lowest BCUT2D eigenvalue weighted by molar-refractivity contribution is 0.156. The van der Waals surface area contributed by atoms with Crippen LogP contribution in [-0.2, 0) is 12.0 Å². The molecule has 0 fully saturated rings. The predicted molar refractivity (Wildman–Crippen MR) is 68.0 cm³/mol. The maximum Gasteiger partial charge on any atom is 0.255 e. The van der Waals surface area contributed by atoms with Crippen molar-refractivity contribution in [2.45, 2.75) is 39.2 Å². The van der Waals surface area contributed by atoms with Gasteiger partial charge in [-0.15, -0.1) is 11.3 Å². The van der Waals surface area contributed by atoms with E-state index in [4.69, 9.17) is 5.73 Å². The van der Waals surface area contributed by atoms with E-state index in [2.05, 4.69) is 4.98 Å². The zero-order chi connectivity index (χ0) is 13.2. The summed E-state index contributed by atoms with van der Waals surface area (Å²) < 4.78 is 24.6. The van der Waals surface area contributed by atoms with Crippen LogP contribution in [0.1, 0.15) is 31.3 Å². The van der Waals surface area contributed by atoms with Crippen LogP contribution < -0.4 is 10.6 Å². The van der Waals surface area contributed by atoms with Gasteiger partial charge in [0.2, 0.25) is 0 Å². The Bertz CT molecular complexity index is 371. The first kappa shape index (κ1) is 14.3. The largest absolute Gasteiger partial charge is 0.345 e. The van der Waals surface area contributed by atoms with Crippen molar-refractivity contribution in [1.82, 2.24) is 4.98 Å². The average Bonchev–Trinajstić information content (AvgIpc) is 2.59. The molecule has 0 aliphatic rings. The molecule has 0 radical (unpaired) electrons. The Morgan fingerprint density at radius 3 is 2.35 bits per heavy atom. The number of nitrogens with zero attached hydrogens (tertiary/aromatic N) is 2. The molecule has 3 nitrogen and oxygen atoms in total. The Kier molecular flexibility index (Phi) is 4.43. The summed E-state index contributed by atoms with van der Waals surface area (Å²) in [6, 6.07) is 0. The first-order chi connectivity index (χ1) is 7.75. The van der Waals surface area contributed by atoms with E-state index in [1.807, 2.05) is 20.8 Å². The fraction of sp³-hybridized carbons (Fsp3) is 0.727. The summed E-state index contributed by atoms with van der Waals surface area (Å²) in [7, 11) is 1.62.